The molecule has 0 aliphatic rings. The summed E-state index contributed by atoms with van der Waals surface area (Å²) in [7, 11) is 0. The highest BCUT2D eigenvalue weighted by molar-refractivity contribution is 5.07. The predicted molar refractivity (Wildman–Crippen MR) is 63.6 cm³/mol. The Hall–Kier alpha value is -1.08. The van der Waals surface area contributed by atoms with E-state index in [0.717, 1.165) is 12.2 Å². The molecular formula is C12H19F3N2O2. The average molecular weight is 280 g/mol. The molecule has 7 heteroatoms. The van der Waals surface area contributed by atoms with Gasteiger partial charge < -0.3 is 14.5 Å². The van der Waals surface area contributed by atoms with Crippen molar-refractivity contribution in [1.82, 2.24) is 10.3 Å². The molecule has 0 bridgehead atoms. The first-order valence-electron chi connectivity index (χ1n) is 6.15. The molecule has 0 radical (unpaired) electrons. The fourth-order valence-electron chi connectivity index (χ4n) is 1.47. The van der Waals surface area contributed by atoms with Gasteiger partial charge in [0, 0.05) is 13.0 Å². The number of nitrogens with one attached hydrogen (secondary N) is 1. The molecule has 19 heavy (non-hydrogen) atoms. The number of ether oxygens (including phenoxy) is 1. The van der Waals surface area contributed by atoms with Crippen LogP contribution in [-0.4, -0.2) is 30.9 Å². The topological polar surface area (TPSA) is 47.3 Å². The van der Waals surface area contributed by atoms with Gasteiger partial charge in [-0.1, -0.05) is 13.8 Å². The van der Waals surface area contributed by atoms with Gasteiger partial charge in [0.05, 0.1) is 12.3 Å². The van der Waals surface area contributed by atoms with E-state index in [4.69, 9.17) is 4.42 Å². The van der Waals surface area contributed by atoms with Crippen LogP contribution in [0.1, 0.15) is 25.3 Å². The zero-order valence-corrected chi connectivity index (χ0v) is 11.1. The molecule has 0 aliphatic carbocycles. The molecule has 0 saturated heterocycles. The second-order valence-corrected chi connectivity index (χ2v) is 4.66. The van der Waals surface area contributed by atoms with Crippen LogP contribution in [0.3, 0.4) is 0 Å². The second kappa shape index (κ2) is 7.49. The van der Waals surface area contributed by atoms with Crippen molar-refractivity contribution in [2.24, 2.45) is 5.92 Å². The molecule has 1 aromatic heterocycles. The molecular weight excluding hydrogens is 261 g/mol. The van der Waals surface area contributed by atoms with Crippen LogP contribution < -0.4 is 5.32 Å². The maximum atomic E-state index is 11.9. The van der Waals surface area contributed by atoms with Crippen molar-refractivity contribution < 1.29 is 22.3 Å². The standard InChI is InChI=1S/C12H19F3N2O2/c1-9(2)5-16-6-10-11(19-8-17-10)3-4-18-7-12(13,14)15/h8-9,16H,3-7H2,1-2H3. The third-order valence-corrected chi connectivity index (χ3v) is 2.31. The number of nitrogens with zero attached hydrogens (tertiary/aromatic N) is 1. The summed E-state index contributed by atoms with van der Waals surface area (Å²) >= 11 is 0. The molecule has 0 unspecified atom stereocenters. The quantitative estimate of drug-likeness (QED) is 0.743. The summed E-state index contributed by atoms with van der Waals surface area (Å²) in [6.45, 7) is 4.29. The first kappa shape index (κ1) is 16.0. The Morgan fingerprint density at radius 1 is 1.42 bits per heavy atom. The van der Waals surface area contributed by atoms with Gasteiger partial charge in [-0.25, -0.2) is 4.98 Å². The Labute approximate surface area is 110 Å². The molecule has 0 aromatic carbocycles. The van der Waals surface area contributed by atoms with Crippen LogP contribution in [0.15, 0.2) is 10.8 Å². The average Bonchev–Trinajstić information content (AvgIpc) is 2.70. The highest BCUT2D eigenvalue weighted by Gasteiger charge is 2.27. The van der Waals surface area contributed by atoms with Gasteiger partial charge in [-0.15, -0.1) is 0 Å². The van der Waals surface area contributed by atoms with Crippen molar-refractivity contribution in [2.45, 2.75) is 33.0 Å². The third-order valence-electron chi connectivity index (χ3n) is 2.31. The van der Waals surface area contributed by atoms with Crippen LogP contribution in [0.2, 0.25) is 0 Å². The molecule has 1 rings (SSSR count). The largest absolute Gasteiger partial charge is 0.448 e. The number of aromatic nitrogens is 1. The molecule has 0 saturated carbocycles. The molecule has 0 fully saturated rings. The van der Waals surface area contributed by atoms with Crippen LogP contribution in [0.5, 0.6) is 0 Å². The Morgan fingerprint density at radius 2 is 2.16 bits per heavy atom. The summed E-state index contributed by atoms with van der Waals surface area (Å²) in [4.78, 5) is 4.03. The maximum absolute atomic E-state index is 11.9. The van der Waals surface area contributed by atoms with E-state index < -0.39 is 12.8 Å². The van der Waals surface area contributed by atoms with E-state index in [1.165, 1.54) is 6.39 Å². The minimum atomic E-state index is -4.29. The van der Waals surface area contributed by atoms with Gasteiger partial charge in [0.2, 0.25) is 0 Å². The van der Waals surface area contributed by atoms with Crippen LogP contribution >= 0.6 is 0 Å². The normalized spacial score (nSPS) is 12.3. The summed E-state index contributed by atoms with van der Waals surface area (Å²) in [6, 6.07) is 0. The van der Waals surface area contributed by atoms with Gasteiger partial charge in [-0.05, 0) is 12.5 Å². The lowest BCUT2D eigenvalue weighted by Gasteiger charge is -2.08. The minimum Gasteiger partial charge on any atom is -0.448 e. The van der Waals surface area contributed by atoms with Crippen LogP contribution in [-0.2, 0) is 17.7 Å². The SMILES string of the molecule is CC(C)CNCc1ncoc1CCOCC(F)(F)F. The fraction of sp³-hybridized carbons (Fsp3) is 0.750. The molecule has 1 heterocycles. The molecule has 0 spiro atoms. The van der Waals surface area contributed by atoms with E-state index in [1.54, 1.807) is 0 Å². The lowest BCUT2D eigenvalue weighted by Crippen LogP contribution is -2.20. The highest BCUT2D eigenvalue weighted by Crippen LogP contribution is 2.15. The summed E-state index contributed by atoms with van der Waals surface area (Å²) in [5, 5.41) is 3.20. The number of hydrogen-bond acceptors (Lipinski definition) is 4. The number of rotatable bonds is 8. The Bertz CT molecular complexity index is 364. The van der Waals surface area contributed by atoms with E-state index in [2.05, 4.69) is 28.9 Å². The molecule has 110 valence electrons. The first-order valence-corrected chi connectivity index (χ1v) is 6.15. The molecule has 1 aromatic rings. The van der Waals surface area contributed by atoms with Crippen molar-refractivity contribution in [2.75, 3.05) is 19.8 Å². The molecule has 0 amide bonds. The van der Waals surface area contributed by atoms with Crippen molar-refractivity contribution in [3.05, 3.63) is 17.8 Å². The summed E-state index contributed by atoms with van der Waals surface area (Å²) in [5.41, 5.74) is 0.719. The Kier molecular flexibility index (Phi) is 6.30. The summed E-state index contributed by atoms with van der Waals surface area (Å²) < 4.78 is 45.3. The van der Waals surface area contributed by atoms with E-state index in [1.807, 2.05) is 0 Å². The lowest BCUT2D eigenvalue weighted by atomic mass is 10.2. The molecule has 0 atom stereocenters. The van der Waals surface area contributed by atoms with Crippen molar-refractivity contribution in [3.8, 4) is 0 Å². The van der Waals surface area contributed by atoms with Gasteiger partial charge in [-0.2, -0.15) is 13.2 Å². The van der Waals surface area contributed by atoms with Gasteiger partial charge in [0.25, 0.3) is 0 Å². The van der Waals surface area contributed by atoms with Gasteiger partial charge >= 0.3 is 6.18 Å². The van der Waals surface area contributed by atoms with Crippen LogP contribution in [0.4, 0.5) is 13.2 Å². The van der Waals surface area contributed by atoms with Crippen LogP contribution in [0, 0.1) is 5.92 Å². The van der Waals surface area contributed by atoms with Gasteiger partial charge in [0.1, 0.15) is 12.4 Å². The van der Waals surface area contributed by atoms with Crippen LogP contribution in [0.25, 0.3) is 0 Å². The molecule has 0 aliphatic heterocycles. The van der Waals surface area contributed by atoms with E-state index in [0.29, 0.717) is 18.2 Å². The van der Waals surface area contributed by atoms with E-state index in [-0.39, 0.29) is 13.0 Å². The number of alkyl halides is 3. The Morgan fingerprint density at radius 3 is 2.79 bits per heavy atom. The maximum Gasteiger partial charge on any atom is 0.411 e. The predicted octanol–water partition coefficient (Wildman–Crippen LogP) is 2.54. The zero-order chi connectivity index (χ0) is 14.3. The smallest absolute Gasteiger partial charge is 0.411 e. The van der Waals surface area contributed by atoms with Gasteiger partial charge in [0.15, 0.2) is 6.39 Å². The fourth-order valence-corrected chi connectivity index (χ4v) is 1.47. The summed E-state index contributed by atoms with van der Waals surface area (Å²) in [6.07, 6.45) is -2.71. The van der Waals surface area contributed by atoms with E-state index in [9.17, 15) is 13.2 Å². The number of oxazole rings is 1. The van der Waals surface area contributed by atoms with Crippen molar-refractivity contribution in [1.29, 1.82) is 0 Å². The van der Waals surface area contributed by atoms with Crippen molar-refractivity contribution >= 4 is 0 Å². The number of hydrogen-bond donors (Lipinski definition) is 1. The lowest BCUT2D eigenvalue weighted by molar-refractivity contribution is -0.173. The minimum absolute atomic E-state index is 0.0358. The molecule has 4 nitrogen and oxygen atoms in total. The molecule has 1 N–H and O–H groups in total. The zero-order valence-electron chi connectivity index (χ0n) is 11.1. The second-order valence-electron chi connectivity index (χ2n) is 4.66. The van der Waals surface area contributed by atoms with Gasteiger partial charge in [-0.3, -0.25) is 0 Å². The first-order chi connectivity index (χ1) is 8.88. The third kappa shape index (κ3) is 7.17. The number of halogens is 3. The highest BCUT2D eigenvalue weighted by atomic mass is 19.4. The van der Waals surface area contributed by atoms with Crippen molar-refractivity contribution in [3.63, 3.8) is 0 Å². The Balaban J connectivity index is 2.28. The van der Waals surface area contributed by atoms with E-state index >= 15 is 0 Å². The monoisotopic (exact) mass is 280 g/mol. The summed E-state index contributed by atoms with van der Waals surface area (Å²) in [5.74, 6) is 1.09.